The van der Waals surface area contributed by atoms with E-state index in [9.17, 15) is 0 Å². The van der Waals surface area contributed by atoms with Crippen molar-refractivity contribution in [1.29, 1.82) is 0 Å². The molecule has 2 N–H and O–H groups in total. The van der Waals surface area contributed by atoms with Crippen LogP contribution in [0.4, 0.5) is 0 Å². The quantitative estimate of drug-likeness (QED) is 0.474. The summed E-state index contributed by atoms with van der Waals surface area (Å²) in [5.41, 5.74) is 0. The number of hydrogen-bond donors (Lipinski definition) is 2. The number of rotatable bonds is 10. The molecule has 0 aromatic heterocycles. The number of nitrogens with one attached hydrogen (secondary N) is 2. The highest BCUT2D eigenvalue weighted by Gasteiger charge is 2.41. The van der Waals surface area contributed by atoms with Gasteiger partial charge in [-0.05, 0) is 39.7 Å². The molecule has 0 aliphatic heterocycles. The van der Waals surface area contributed by atoms with Crippen LogP contribution in [0.5, 0.6) is 0 Å². The van der Waals surface area contributed by atoms with Crippen LogP contribution in [0.25, 0.3) is 0 Å². The van der Waals surface area contributed by atoms with Gasteiger partial charge in [0.1, 0.15) is 0 Å². The second-order valence-corrected chi connectivity index (χ2v) is 7.34. The molecule has 1 aliphatic rings. The molecule has 0 aromatic rings. The fraction of sp³-hybridized carbons (Fsp3) is 1.00. The molecule has 0 saturated heterocycles. The van der Waals surface area contributed by atoms with E-state index in [0.29, 0.717) is 19.3 Å². The van der Waals surface area contributed by atoms with Crippen LogP contribution < -0.4 is 9.96 Å². The maximum absolute atomic E-state index is 5.97. The van der Waals surface area contributed by atoms with Gasteiger partial charge in [0.05, 0.1) is 0 Å². The fourth-order valence-electron chi connectivity index (χ4n) is 2.45. The number of hydrogen-bond acceptors (Lipinski definition) is 4. The second-order valence-electron chi connectivity index (χ2n) is 4.89. The van der Waals surface area contributed by atoms with Gasteiger partial charge in [0.15, 0.2) is 0 Å². The molecule has 0 unspecified atom stereocenters. The van der Waals surface area contributed by atoms with Crippen LogP contribution in [-0.2, 0) is 8.85 Å². The summed E-state index contributed by atoms with van der Waals surface area (Å²) in [5.74, 6) is 0. The topological polar surface area (TPSA) is 42.5 Å². The zero-order chi connectivity index (χ0) is 13.3. The van der Waals surface area contributed by atoms with Gasteiger partial charge in [-0.3, -0.25) is 9.96 Å². The van der Waals surface area contributed by atoms with Crippen molar-refractivity contribution in [3.05, 3.63) is 0 Å². The summed E-state index contributed by atoms with van der Waals surface area (Å²) < 4.78 is 11.9. The van der Waals surface area contributed by atoms with Crippen LogP contribution in [0.2, 0.25) is 0 Å². The molecule has 0 amide bonds. The van der Waals surface area contributed by atoms with Crippen molar-refractivity contribution < 1.29 is 8.85 Å². The first kappa shape index (κ1) is 16.1. The molecule has 1 fully saturated rings. The summed E-state index contributed by atoms with van der Waals surface area (Å²) >= 11 is 0. The Morgan fingerprint density at radius 1 is 1.06 bits per heavy atom. The van der Waals surface area contributed by atoms with Gasteiger partial charge in [0.25, 0.3) is 0 Å². The standard InChI is InChI=1S/C13H30N2O2Si/c1-4-7-12-14-18(16-5-2,17-6-3)15-13-10-8-9-11-13/h13-15H,4-12H2,1-3H3. The third kappa shape index (κ3) is 5.36. The van der Waals surface area contributed by atoms with Gasteiger partial charge in [-0.2, -0.15) is 0 Å². The maximum atomic E-state index is 5.97. The van der Waals surface area contributed by atoms with Crippen molar-refractivity contribution in [2.45, 2.75) is 65.3 Å². The monoisotopic (exact) mass is 274 g/mol. The zero-order valence-electron chi connectivity index (χ0n) is 12.3. The molecular formula is C13H30N2O2Si. The maximum Gasteiger partial charge on any atom is 0.517 e. The van der Waals surface area contributed by atoms with Gasteiger partial charge < -0.3 is 8.85 Å². The fourth-order valence-corrected chi connectivity index (χ4v) is 5.15. The molecule has 1 saturated carbocycles. The van der Waals surface area contributed by atoms with Gasteiger partial charge in [0, 0.05) is 19.3 Å². The SMILES string of the molecule is CCCCN[Si](NC1CCCC1)(OCC)OCC. The smallest absolute Gasteiger partial charge is 0.371 e. The van der Waals surface area contributed by atoms with Crippen LogP contribution >= 0.6 is 0 Å². The van der Waals surface area contributed by atoms with Crippen LogP contribution in [0, 0.1) is 0 Å². The van der Waals surface area contributed by atoms with E-state index < -0.39 is 8.88 Å². The van der Waals surface area contributed by atoms with Crippen molar-refractivity contribution in [3.8, 4) is 0 Å². The molecule has 0 heterocycles. The third-order valence-corrected chi connectivity index (χ3v) is 6.23. The van der Waals surface area contributed by atoms with Crippen molar-refractivity contribution in [2.24, 2.45) is 0 Å². The largest absolute Gasteiger partial charge is 0.517 e. The van der Waals surface area contributed by atoms with E-state index >= 15 is 0 Å². The molecular weight excluding hydrogens is 244 g/mol. The van der Waals surface area contributed by atoms with E-state index in [2.05, 4.69) is 16.9 Å². The predicted octanol–water partition coefficient (Wildman–Crippen LogP) is 2.42. The number of unbranched alkanes of at least 4 members (excludes halogenated alkanes) is 1. The van der Waals surface area contributed by atoms with E-state index in [1.54, 1.807) is 0 Å². The molecule has 108 valence electrons. The van der Waals surface area contributed by atoms with Crippen LogP contribution in [0.15, 0.2) is 0 Å². The lowest BCUT2D eigenvalue weighted by Crippen LogP contribution is -2.69. The molecule has 1 aliphatic carbocycles. The van der Waals surface area contributed by atoms with Crippen molar-refractivity contribution >= 4 is 8.88 Å². The molecule has 0 radical (unpaired) electrons. The highest BCUT2D eigenvalue weighted by Crippen LogP contribution is 2.19. The van der Waals surface area contributed by atoms with Crippen molar-refractivity contribution in [2.75, 3.05) is 19.8 Å². The first-order valence-electron chi connectivity index (χ1n) is 7.57. The van der Waals surface area contributed by atoms with E-state index in [1.165, 1.54) is 38.5 Å². The van der Waals surface area contributed by atoms with Gasteiger partial charge in [-0.15, -0.1) is 0 Å². The van der Waals surface area contributed by atoms with Crippen molar-refractivity contribution in [1.82, 2.24) is 9.96 Å². The summed E-state index contributed by atoms with van der Waals surface area (Å²) in [6.07, 6.45) is 7.53. The normalized spacial score (nSPS) is 17.5. The minimum atomic E-state index is -2.40. The molecule has 0 bridgehead atoms. The summed E-state index contributed by atoms with van der Waals surface area (Å²) in [6, 6.07) is 0.573. The Bertz CT molecular complexity index is 205. The first-order valence-corrected chi connectivity index (χ1v) is 9.38. The summed E-state index contributed by atoms with van der Waals surface area (Å²) in [4.78, 5) is 7.22. The minimum absolute atomic E-state index is 0.573. The van der Waals surface area contributed by atoms with Gasteiger partial charge in [-0.25, -0.2) is 0 Å². The van der Waals surface area contributed by atoms with Crippen LogP contribution in [0.3, 0.4) is 0 Å². The first-order chi connectivity index (χ1) is 8.76. The Kier molecular flexibility index (Phi) is 8.09. The second kappa shape index (κ2) is 9.04. The van der Waals surface area contributed by atoms with E-state index in [4.69, 9.17) is 8.85 Å². The van der Waals surface area contributed by atoms with Gasteiger partial charge >= 0.3 is 8.88 Å². The average molecular weight is 274 g/mol. The molecule has 18 heavy (non-hydrogen) atoms. The summed E-state index contributed by atoms with van der Waals surface area (Å²) in [6.45, 7) is 8.66. The van der Waals surface area contributed by atoms with Crippen molar-refractivity contribution in [3.63, 3.8) is 0 Å². The third-order valence-electron chi connectivity index (χ3n) is 3.33. The zero-order valence-corrected chi connectivity index (χ0v) is 13.3. The Labute approximate surface area is 113 Å². The summed E-state index contributed by atoms with van der Waals surface area (Å²) in [7, 11) is -2.40. The van der Waals surface area contributed by atoms with Crippen LogP contribution in [-0.4, -0.2) is 34.7 Å². The Morgan fingerprint density at radius 3 is 2.17 bits per heavy atom. The predicted molar refractivity (Wildman–Crippen MR) is 77.3 cm³/mol. The van der Waals surface area contributed by atoms with E-state index in [0.717, 1.165) is 6.54 Å². The molecule has 1 rings (SSSR count). The molecule has 5 heteroatoms. The highest BCUT2D eigenvalue weighted by molar-refractivity contribution is 6.62. The average Bonchev–Trinajstić information content (AvgIpc) is 2.83. The minimum Gasteiger partial charge on any atom is -0.371 e. The Hall–Kier alpha value is 0.0569. The lowest BCUT2D eigenvalue weighted by atomic mass is 10.3. The highest BCUT2D eigenvalue weighted by atomic mass is 28.4. The molecule has 0 atom stereocenters. The lowest BCUT2D eigenvalue weighted by molar-refractivity contribution is 0.154. The lowest BCUT2D eigenvalue weighted by Gasteiger charge is -2.33. The van der Waals surface area contributed by atoms with Gasteiger partial charge in [-0.1, -0.05) is 26.2 Å². The Balaban J connectivity index is 2.55. The van der Waals surface area contributed by atoms with E-state index in [-0.39, 0.29) is 0 Å². The molecule has 0 aromatic carbocycles. The van der Waals surface area contributed by atoms with Gasteiger partial charge in [0.2, 0.25) is 0 Å². The van der Waals surface area contributed by atoms with E-state index in [1.807, 2.05) is 13.8 Å². The molecule has 4 nitrogen and oxygen atoms in total. The molecule has 0 spiro atoms. The Morgan fingerprint density at radius 2 is 1.67 bits per heavy atom. The van der Waals surface area contributed by atoms with Crippen LogP contribution in [0.1, 0.15) is 59.3 Å². The summed E-state index contributed by atoms with van der Waals surface area (Å²) in [5, 5.41) is 0.